The van der Waals surface area contributed by atoms with E-state index in [9.17, 15) is 0 Å². The molecule has 0 radical (unpaired) electrons. The van der Waals surface area contributed by atoms with Crippen LogP contribution in [0, 0.1) is 11.3 Å². The average Bonchev–Trinajstić information content (AvgIpc) is 2.22. The smallest absolute Gasteiger partial charge is 0.00725 e. The minimum Gasteiger partial charge on any atom is -0.303 e. The number of thioether (sulfide) groups is 1. The summed E-state index contributed by atoms with van der Waals surface area (Å²) in [6.45, 7) is 15.1. The molecule has 0 aliphatic carbocycles. The highest BCUT2D eigenvalue weighted by Gasteiger charge is 2.23. The fourth-order valence-electron chi connectivity index (χ4n) is 1.49. The van der Waals surface area contributed by atoms with Crippen LogP contribution < -0.4 is 0 Å². The van der Waals surface area contributed by atoms with Gasteiger partial charge in [-0.25, -0.2) is 0 Å². The molecule has 1 atom stereocenters. The summed E-state index contributed by atoms with van der Waals surface area (Å²) in [5.41, 5.74) is 0.422. The van der Waals surface area contributed by atoms with Crippen LogP contribution in [0.5, 0.6) is 0 Å². The van der Waals surface area contributed by atoms with Gasteiger partial charge in [-0.15, -0.1) is 0 Å². The Morgan fingerprint density at radius 1 is 1.19 bits per heavy atom. The van der Waals surface area contributed by atoms with Crippen molar-refractivity contribution in [2.45, 2.75) is 34.6 Å². The summed E-state index contributed by atoms with van der Waals surface area (Å²) >= 11 is 5.74. The van der Waals surface area contributed by atoms with Crippen molar-refractivity contribution in [3.8, 4) is 0 Å². The highest BCUT2D eigenvalue weighted by molar-refractivity contribution is 9.09. The highest BCUT2D eigenvalue weighted by Crippen LogP contribution is 2.30. The quantitative estimate of drug-likeness (QED) is 0.490. The molecule has 0 amide bonds. The Hall–Kier alpha value is 0.790. The van der Waals surface area contributed by atoms with Gasteiger partial charge in [-0.3, -0.25) is 0 Å². The molecule has 0 bridgehead atoms. The van der Waals surface area contributed by atoms with Crippen LogP contribution in [0.1, 0.15) is 34.6 Å². The molecular formula is C13H28BrNS. The summed E-state index contributed by atoms with van der Waals surface area (Å²) in [4.78, 5) is 2.49. The Morgan fingerprint density at radius 3 is 2.12 bits per heavy atom. The van der Waals surface area contributed by atoms with Gasteiger partial charge < -0.3 is 4.90 Å². The van der Waals surface area contributed by atoms with Gasteiger partial charge in [-0.2, -0.15) is 11.8 Å². The molecule has 0 saturated carbocycles. The van der Waals surface area contributed by atoms with E-state index in [-0.39, 0.29) is 0 Å². The van der Waals surface area contributed by atoms with Crippen LogP contribution in [0.4, 0.5) is 0 Å². The summed E-state index contributed by atoms with van der Waals surface area (Å²) in [6.07, 6.45) is 0. The van der Waals surface area contributed by atoms with Gasteiger partial charge in [-0.1, -0.05) is 50.5 Å². The Balaban J connectivity index is 3.71. The van der Waals surface area contributed by atoms with Crippen molar-refractivity contribution in [1.29, 1.82) is 0 Å². The summed E-state index contributed by atoms with van der Waals surface area (Å²) < 4.78 is 0. The van der Waals surface area contributed by atoms with Crippen molar-refractivity contribution in [3.63, 3.8) is 0 Å². The van der Waals surface area contributed by atoms with Gasteiger partial charge in [0.2, 0.25) is 0 Å². The molecule has 0 rings (SSSR count). The minimum absolute atomic E-state index is 0.422. The third kappa shape index (κ3) is 7.18. The van der Waals surface area contributed by atoms with E-state index in [2.05, 4.69) is 67.2 Å². The summed E-state index contributed by atoms with van der Waals surface area (Å²) in [5, 5.41) is 1.12. The van der Waals surface area contributed by atoms with Gasteiger partial charge >= 0.3 is 0 Å². The van der Waals surface area contributed by atoms with Crippen molar-refractivity contribution in [2.24, 2.45) is 11.3 Å². The molecule has 0 N–H and O–H groups in total. The molecule has 0 aromatic rings. The van der Waals surface area contributed by atoms with Gasteiger partial charge in [-0.05, 0) is 30.2 Å². The van der Waals surface area contributed by atoms with E-state index in [1.807, 2.05) is 0 Å². The third-order valence-electron chi connectivity index (χ3n) is 3.18. The van der Waals surface area contributed by atoms with Crippen LogP contribution in [-0.4, -0.2) is 41.4 Å². The zero-order valence-corrected chi connectivity index (χ0v) is 14.0. The van der Waals surface area contributed by atoms with E-state index in [0.29, 0.717) is 5.41 Å². The second-order valence-corrected chi connectivity index (χ2v) is 7.12. The lowest BCUT2D eigenvalue weighted by Crippen LogP contribution is -2.27. The summed E-state index contributed by atoms with van der Waals surface area (Å²) in [7, 11) is 0. The molecule has 1 unspecified atom stereocenters. The fourth-order valence-corrected chi connectivity index (χ4v) is 4.44. The molecule has 98 valence electrons. The molecule has 0 saturated heterocycles. The van der Waals surface area contributed by atoms with Crippen molar-refractivity contribution >= 4 is 27.7 Å². The lowest BCUT2D eigenvalue weighted by molar-refractivity contribution is 0.294. The highest BCUT2D eigenvalue weighted by atomic mass is 79.9. The summed E-state index contributed by atoms with van der Waals surface area (Å²) in [5.74, 6) is 3.31. The molecule has 1 nitrogen and oxygen atoms in total. The Labute approximate surface area is 115 Å². The lowest BCUT2D eigenvalue weighted by atomic mass is 9.83. The molecule has 0 aromatic carbocycles. The zero-order chi connectivity index (χ0) is 12.6. The third-order valence-corrected chi connectivity index (χ3v) is 5.07. The molecular weight excluding hydrogens is 282 g/mol. The first-order chi connectivity index (χ1) is 7.45. The Kier molecular flexibility index (Phi) is 9.25. The van der Waals surface area contributed by atoms with Crippen LogP contribution in [0.3, 0.4) is 0 Å². The van der Waals surface area contributed by atoms with Crippen LogP contribution in [-0.2, 0) is 0 Å². The Morgan fingerprint density at radius 2 is 1.75 bits per heavy atom. The predicted molar refractivity (Wildman–Crippen MR) is 81.9 cm³/mol. The van der Waals surface area contributed by atoms with E-state index >= 15 is 0 Å². The van der Waals surface area contributed by atoms with Crippen molar-refractivity contribution in [3.05, 3.63) is 0 Å². The maximum Gasteiger partial charge on any atom is 0.00725 e. The molecule has 0 aromatic heterocycles. The predicted octanol–water partition coefficient (Wildman–Crippen LogP) is 4.12. The number of hydrogen-bond donors (Lipinski definition) is 0. The van der Waals surface area contributed by atoms with Gasteiger partial charge in [0.25, 0.3) is 0 Å². The lowest BCUT2D eigenvalue weighted by Gasteiger charge is -2.29. The number of nitrogens with zero attached hydrogens (tertiary/aromatic N) is 1. The second-order valence-electron chi connectivity index (χ2n) is 5.32. The van der Waals surface area contributed by atoms with E-state index < -0.39 is 0 Å². The van der Waals surface area contributed by atoms with Crippen LogP contribution in [0.25, 0.3) is 0 Å². The standard InChI is InChI=1S/C13H28BrNS/c1-6-15(7-2)8-9-16-11-12(10-14)13(3,4)5/h12H,6-11H2,1-5H3. The Bertz CT molecular complexity index is 164. The van der Waals surface area contributed by atoms with E-state index in [1.54, 1.807) is 0 Å². The SMILES string of the molecule is CCN(CC)CCSCC(CBr)C(C)(C)C. The topological polar surface area (TPSA) is 3.24 Å². The van der Waals surface area contributed by atoms with Gasteiger partial charge in [0.05, 0.1) is 0 Å². The second kappa shape index (κ2) is 8.82. The number of alkyl halides is 1. The first-order valence-corrected chi connectivity index (χ1v) is 8.59. The first kappa shape index (κ1) is 16.8. The van der Waals surface area contributed by atoms with Gasteiger partial charge in [0.1, 0.15) is 0 Å². The van der Waals surface area contributed by atoms with E-state index in [1.165, 1.54) is 31.1 Å². The maximum atomic E-state index is 3.64. The molecule has 0 heterocycles. The molecule has 0 fully saturated rings. The van der Waals surface area contributed by atoms with E-state index in [0.717, 1.165) is 11.2 Å². The average molecular weight is 310 g/mol. The monoisotopic (exact) mass is 309 g/mol. The number of rotatable bonds is 8. The number of halogens is 1. The first-order valence-electron chi connectivity index (χ1n) is 6.31. The van der Waals surface area contributed by atoms with Crippen LogP contribution >= 0.6 is 27.7 Å². The van der Waals surface area contributed by atoms with E-state index in [4.69, 9.17) is 0 Å². The molecule has 3 heteroatoms. The van der Waals surface area contributed by atoms with Gasteiger partial charge in [0.15, 0.2) is 0 Å². The minimum atomic E-state index is 0.422. The van der Waals surface area contributed by atoms with Crippen LogP contribution in [0.2, 0.25) is 0 Å². The largest absolute Gasteiger partial charge is 0.303 e. The molecule has 0 aliphatic rings. The van der Waals surface area contributed by atoms with Crippen molar-refractivity contribution in [2.75, 3.05) is 36.5 Å². The maximum absolute atomic E-state index is 3.64. The molecule has 0 aliphatic heterocycles. The van der Waals surface area contributed by atoms with Crippen molar-refractivity contribution in [1.82, 2.24) is 4.90 Å². The normalized spacial score (nSPS) is 14.4. The molecule has 0 spiro atoms. The fraction of sp³-hybridized carbons (Fsp3) is 1.00. The zero-order valence-electron chi connectivity index (χ0n) is 11.6. The van der Waals surface area contributed by atoms with Crippen molar-refractivity contribution < 1.29 is 0 Å². The summed E-state index contributed by atoms with van der Waals surface area (Å²) in [6, 6.07) is 0. The number of hydrogen-bond acceptors (Lipinski definition) is 2. The van der Waals surface area contributed by atoms with Crippen LogP contribution in [0.15, 0.2) is 0 Å². The molecule has 16 heavy (non-hydrogen) atoms. The van der Waals surface area contributed by atoms with Gasteiger partial charge in [0, 0.05) is 17.6 Å².